The van der Waals surface area contributed by atoms with Crippen LogP contribution in [0.3, 0.4) is 0 Å². The van der Waals surface area contributed by atoms with Gasteiger partial charge >= 0.3 is 26.2 Å². The maximum Gasteiger partial charge on any atom is 4.00 e. The van der Waals surface area contributed by atoms with Crippen LogP contribution in [0, 0.1) is 21.8 Å². The van der Waals surface area contributed by atoms with Crippen LogP contribution >= 0.6 is 0 Å². The average molecular weight is 632 g/mol. The van der Waals surface area contributed by atoms with Crippen LogP contribution in [0.1, 0.15) is 5.56 Å². The molecule has 0 saturated carbocycles. The predicted octanol–water partition coefficient (Wildman–Crippen LogP) is 10.3. The molecule has 0 saturated heterocycles. The molecule has 0 spiro atoms. The van der Waals surface area contributed by atoms with E-state index in [2.05, 4.69) is 91.9 Å². The van der Waals surface area contributed by atoms with Crippen LogP contribution in [0.25, 0.3) is 54.2 Å². The van der Waals surface area contributed by atoms with E-state index in [0.717, 1.165) is 38.8 Å². The van der Waals surface area contributed by atoms with Gasteiger partial charge in [0.1, 0.15) is 11.5 Å². The quantitative estimate of drug-likeness (QED) is 0.181. The third kappa shape index (κ3) is 5.74. The minimum atomic E-state index is 0. The number of fused-ring (bicyclic) bond motifs is 5. The van der Waals surface area contributed by atoms with Crippen LogP contribution in [-0.2, 0) is 26.2 Å². The van der Waals surface area contributed by atoms with Crippen molar-refractivity contribution in [2.24, 2.45) is 0 Å². The molecule has 7 rings (SSSR count). The number of benzene rings is 5. The van der Waals surface area contributed by atoms with Gasteiger partial charge in [-0.25, -0.2) is 0 Å². The fraction of sp³-hybridized carbons (Fsp3) is 0.105. The van der Waals surface area contributed by atoms with Crippen LogP contribution in [0.5, 0.6) is 17.2 Å². The Hall–Kier alpha value is -3.88. The number of hydrogen-bond donors (Lipinski definition) is 0. The molecule has 0 heterocycles. The van der Waals surface area contributed by atoms with Crippen molar-refractivity contribution < 1.29 is 40.4 Å². The van der Waals surface area contributed by atoms with Gasteiger partial charge in [-0.3, -0.25) is 0 Å². The standard InChI is InChI=1S/C20H15.C16H15O3.2CH3.Zr/c1-14-17-10-4-3-8-16(17)13-20(14)19-12-6-9-15-7-2-5-11-18(15)19;1-17-12-5-6-13-11(9-12)8-10-4-7-14(18-2)16(19-3)15(10)13;;;/h2-13H,1H3;4-9H,1-3H3;2*1H3;/q4*-1;+4. The van der Waals surface area contributed by atoms with Crippen LogP contribution < -0.4 is 14.2 Å². The summed E-state index contributed by atoms with van der Waals surface area (Å²) in [6.07, 6.45) is 0. The summed E-state index contributed by atoms with van der Waals surface area (Å²) in [5.41, 5.74) is 4.05. The number of ether oxygens (including phenoxy) is 3. The molecule has 0 atom stereocenters. The molecule has 7 aromatic rings. The molecule has 0 unspecified atom stereocenters. The van der Waals surface area contributed by atoms with Crippen molar-refractivity contribution in [2.75, 3.05) is 21.3 Å². The Balaban J connectivity index is 0.000000215. The van der Waals surface area contributed by atoms with Crippen molar-refractivity contribution in [1.82, 2.24) is 0 Å². The van der Waals surface area contributed by atoms with E-state index in [4.69, 9.17) is 14.2 Å². The fourth-order valence-electron chi connectivity index (χ4n) is 5.64. The van der Waals surface area contributed by atoms with E-state index >= 15 is 0 Å². The van der Waals surface area contributed by atoms with E-state index in [1.165, 1.54) is 38.2 Å². The second-order valence-corrected chi connectivity index (χ2v) is 9.66. The van der Waals surface area contributed by atoms with Gasteiger partial charge in [0, 0.05) is 0 Å². The first-order chi connectivity index (χ1) is 19.1. The van der Waals surface area contributed by atoms with Gasteiger partial charge in [-0.1, -0.05) is 90.7 Å². The normalized spacial score (nSPS) is 10.3. The molecule has 0 aliphatic rings. The first kappa shape index (κ1) is 32.6. The molecule has 0 radical (unpaired) electrons. The molecule has 0 aliphatic heterocycles. The Morgan fingerprint density at radius 2 is 1.29 bits per heavy atom. The van der Waals surface area contributed by atoms with Crippen molar-refractivity contribution in [1.29, 1.82) is 0 Å². The summed E-state index contributed by atoms with van der Waals surface area (Å²) in [5.74, 6) is 2.38. The topological polar surface area (TPSA) is 27.7 Å². The van der Waals surface area contributed by atoms with Crippen molar-refractivity contribution in [3.8, 4) is 28.4 Å². The van der Waals surface area contributed by atoms with Gasteiger partial charge in [0.2, 0.25) is 0 Å². The maximum atomic E-state index is 5.52. The number of rotatable bonds is 4. The average Bonchev–Trinajstić information content (AvgIpc) is 3.53. The summed E-state index contributed by atoms with van der Waals surface area (Å²) in [7, 11) is 4.99. The zero-order valence-corrected chi connectivity index (χ0v) is 27.6. The second kappa shape index (κ2) is 13.9. The largest absolute Gasteiger partial charge is 4.00 e. The Morgan fingerprint density at radius 1 is 0.571 bits per heavy atom. The Labute approximate surface area is 268 Å². The number of methoxy groups -OCH3 is 3. The van der Waals surface area contributed by atoms with Crippen molar-refractivity contribution in [2.45, 2.75) is 6.92 Å². The van der Waals surface area contributed by atoms with Gasteiger partial charge < -0.3 is 29.1 Å². The van der Waals surface area contributed by atoms with E-state index in [1.54, 1.807) is 21.3 Å². The van der Waals surface area contributed by atoms with Gasteiger partial charge in [0.05, 0.1) is 27.1 Å². The third-order valence-corrected chi connectivity index (χ3v) is 7.57. The summed E-state index contributed by atoms with van der Waals surface area (Å²) < 4.78 is 16.1. The van der Waals surface area contributed by atoms with Gasteiger partial charge in [-0.05, 0) is 22.9 Å². The Morgan fingerprint density at radius 3 is 2.00 bits per heavy atom. The van der Waals surface area contributed by atoms with Gasteiger partial charge in [0.25, 0.3) is 0 Å². The molecule has 42 heavy (non-hydrogen) atoms. The summed E-state index contributed by atoms with van der Waals surface area (Å²) >= 11 is 0. The Kier molecular flexibility index (Phi) is 10.8. The van der Waals surface area contributed by atoms with E-state index in [9.17, 15) is 0 Å². The first-order valence-electron chi connectivity index (χ1n) is 13.0. The molecule has 210 valence electrons. The smallest absolute Gasteiger partial charge is 0.505 e. The SMILES string of the molecule is COc1ccc2c(c1)[cH-]c1ccc(OC)c(OC)c12.Cc1c(-c2cccc3ccccc23)[cH-]c2ccccc12.[CH3-].[CH3-].[Zr+4]. The van der Waals surface area contributed by atoms with Crippen LogP contribution in [0.4, 0.5) is 0 Å². The van der Waals surface area contributed by atoms with Gasteiger partial charge in [-0.15, -0.1) is 62.3 Å². The Bertz CT molecular complexity index is 1940. The van der Waals surface area contributed by atoms with E-state index < -0.39 is 0 Å². The van der Waals surface area contributed by atoms with E-state index in [1.807, 2.05) is 24.3 Å². The molecule has 7 aromatic carbocycles. The summed E-state index contributed by atoms with van der Waals surface area (Å²) in [6, 6.07) is 38.2. The predicted molar refractivity (Wildman–Crippen MR) is 177 cm³/mol. The van der Waals surface area contributed by atoms with Crippen LogP contribution in [0.15, 0.2) is 109 Å². The number of aryl methyl sites for hydroxylation is 1. The van der Waals surface area contributed by atoms with Crippen molar-refractivity contribution >= 4 is 43.1 Å². The van der Waals surface area contributed by atoms with Crippen molar-refractivity contribution in [3.05, 3.63) is 130 Å². The number of hydrogen-bond acceptors (Lipinski definition) is 3. The molecule has 0 bridgehead atoms. The zero-order chi connectivity index (χ0) is 26.9. The molecule has 0 aliphatic carbocycles. The minimum absolute atomic E-state index is 0. The molecule has 0 fully saturated rings. The van der Waals surface area contributed by atoms with E-state index in [-0.39, 0.29) is 41.1 Å². The first-order valence-corrected chi connectivity index (χ1v) is 13.0. The molecule has 0 amide bonds. The minimum Gasteiger partial charge on any atom is -0.505 e. The van der Waals surface area contributed by atoms with E-state index in [0.29, 0.717) is 0 Å². The van der Waals surface area contributed by atoms with Crippen molar-refractivity contribution in [3.63, 3.8) is 0 Å². The summed E-state index contributed by atoms with van der Waals surface area (Å²) in [6.45, 7) is 2.22. The van der Waals surface area contributed by atoms with Gasteiger partial charge in [-0.2, -0.15) is 0 Å². The second-order valence-electron chi connectivity index (χ2n) is 9.66. The third-order valence-electron chi connectivity index (χ3n) is 7.57. The van der Waals surface area contributed by atoms with Crippen LogP contribution in [0.2, 0.25) is 0 Å². The maximum absolute atomic E-state index is 5.52. The zero-order valence-electron chi connectivity index (χ0n) is 25.1. The molecule has 3 nitrogen and oxygen atoms in total. The molecule has 0 N–H and O–H groups in total. The summed E-state index contributed by atoms with van der Waals surface area (Å²) in [4.78, 5) is 0. The molecule has 0 aromatic heterocycles. The monoisotopic (exact) mass is 630 g/mol. The molecular formula is C38H36O3Zr. The summed E-state index contributed by atoms with van der Waals surface area (Å²) in [5, 5.41) is 9.82. The fourth-order valence-corrected chi connectivity index (χ4v) is 5.64. The van der Waals surface area contributed by atoms with Gasteiger partial charge in [0.15, 0.2) is 0 Å². The molecule has 4 heteroatoms. The molecular weight excluding hydrogens is 596 g/mol. The van der Waals surface area contributed by atoms with Crippen LogP contribution in [-0.4, -0.2) is 21.3 Å².